The van der Waals surface area contributed by atoms with Crippen molar-refractivity contribution < 1.29 is 40.8 Å². The SMILES string of the molecule is NCCCCN(CCCN)C(=O)CCCCCCCCCCCCCCC(=O)O[C@H]1C[C@H]2C[C@@]3(CCCCCO3)NC3=[N+]2[C@H]1C[C@]1(CCCCO1)N3.[Cl-]. The Hall–Kier alpha value is -1.66. The van der Waals surface area contributed by atoms with Crippen molar-refractivity contribution in [1.82, 2.24) is 15.5 Å². The number of carbonyl (C=O) groups excluding carboxylic acids is 2. The molecule has 5 rings (SSSR count). The highest BCUT2D eigenvalue weighted by Crippen LogP contribution is 2.42. The molecule has 3 saturated heterocycles. The van der Waals surface area contributed by atoms with Gasteiger partial charge in [-0.15, -0.1) is 0 Å². The van der Waals surface area contributed by atoms with Gasteiger partial charge in [-0.05, 0) is 70.9 Å². The predicted molar refractivity (Wildman–Crippen MR) is 206 cm³/mol. The Morgan fingerprint density at radius 2 is 1.25 bits per heavy atom. The van der Waals surface area contributed by atoms with Crippen molar-refractivity contribution in [3.8, 4) is 0 Å². The first kappa shape index (κ1) is 44.1. The Bertz CT molecular complexity index is 1110. The third-order valence-electron chi connectivity index (χ3n) is 12.4. The minimum Gasteiger partial charge on any atom is -1.00 e. The van der Waals surface area contributed by atoms with Gasteiger partial charge < -0.3 is 43.0 Å². The molecule has 0 bridgehead atoms. The molecular formula is C41H75ClN6O5. The maximum atomic E-state index is 13.2. The Kier molecular flexibility index (Phi) is 19.5. The summed E-state index contributed by atoms with van der Waals surface area (Å²) >= 11 is 0. The molecular weight excluding hydrogens is 692 g/mol. The van der Waals surface area contributed by atoms with Crippen LogP contribution in [0.4, 0.5) is 0 Å². The van der Waals surface area contributed by atoms with E-state index in [2.05, 4.69) is 15.2 Å². The molecule has 2 spiro atoms. The Morgan fingerprint density at radius 3 is 1.89 bits per heavy atom. The van der Waals surface area contributed by atoms with E-state index in [1.807, 2.05) is 4.90 Å². The Labute approximate surface area is 327 Å². The molecule has 0 aromatic heterocycles. The summed E-state index contributed by atoms with van der Waals surface area (Å²) in [5, 5.41) is 7.63. The number of rotatable bonds is 23. The topological polar surface area (TPSA) is 144 Å². The van der Waals surface area contributed by atoms with Crippen LogP contribution >= 0.6 is 0 Å². The van der Waals surface area contributed by atoms with E-state index in [1.165, 1.54) is 64.2 Å². The van der Waals surface area contributed by atoms with Crippen LogP contribution in [0.1, 0.15) is 173 Å². The number of halogens is 1. The molecule has 5 atom stereocenters. The van der Waals surface area contributed by atoms with Crippen molar-refractivity contribution >= 4 is 17.8 Å². The molecule has 0 aliphatic carbocycles. The van der Waals surface area contributed by atoms with Crippen LogP contribution in [-0.2, 0) is 23.8 Å². The Balaban J connectivity index is 0.00000627. The fraction of sp³-hybridized carbons (Fsp3) is 0.927. The average molecular weight is 768 g/mol. The molecule has 5 heterocycles. The molecule has 12 heteroatoms. The van der Waals surface area contributed by atoms with Gasteiger partial charge in [0.05, 0.1) is 19.3 Å². The maximum Gasteiger partial charge on any atom is 0.351 e. The number of amides is 1. The minimum atomic E-state index is -0.385. The van der Waals surface area contributed by atoms with Crippen LogP contribution in [0.5, 0.6) is 0 Å². The fourth-order valence-corrected chi connectivity index (χ4v) is 9.48. The Morgan fingerprint density at radius 1 is 0.698 bits per heavy atom. The molecule has 3 fully saturated rings. The summed E-state index contributed by atoms with van der Waals surface area (Å²) < 4.78 is 21.8. The van der Waals surface area contributed by atoms with E-state index in [0.717, 1.165) is 129 Å². The average Bonchev–Trinajstić information content (AvgIpc) is 3.30. The molecule has 0 radical (unpaired) electrons. The molecule has 0 unspecified atom stereocenters. The van der Waals surface area contributed by atoms with Gasteiger partial charge in [-0.25, -0.2) is 10.6 Å². The third kappa shape index (κ3) is 13.5. The molecule has 5 aliphatic rings. The number of nitrogens with two attached hydrogens (primary N) is 2. The number of nitrogens with one attached hydrogen (secondary N) is 2. The lowest BCUT2D eigenvalue weighted by atomic mass is 9.91. The van der Waals surface area contributed by atoms with Crippen LogP contribution in [0.25, 0.3) is 0 Å². The van der Waals surface area contributed by atoms with E-state index in [9.17, 15) is 9.59 Å². The maximum absolute atomic E-state index is 13.2. The van der Waals surface area contributed by atoms with Crippen molar-refractivity contribution in [3.63, 3.8) is 0 Å². The number of guanidine groups is 1. The molecule has 53 heavy (non-hydrogen) atoms. The van der Waals surface area contributed by atoms with Gasteiger partial charge in [0.1, 0.15) is 12.1 Å². The molecule has 1 amide bonds. The zero-order chi connectivity index (χ0) is 36.5. The van der Waals surface area contributed by atoms with Gasteiger partial charge in [0.25, 0.3) is 0 Å². The van der Waals surface area contributed by atoms with Crippen molar-refractivity contribution in [2.45, 2.75) is 203 Å². The van der Waals surface area contributed by atoms with E-state index < -0.39 is 0 Å². The molecule has 306 valence electrons. The second-order valence-corrected chi connectivity index (χ2v) is 16.6. The summed E-state index contributed by atoms with van der Waals surface area (Å²) in [7, 11) is 0. The lowest BCUT2D eigenvalue weighted by molar-refractivity contribution is -0.605. The highest BCUT2D eigenvalue weighted by molar-refractivity contribution is 5.78. The summed E-state index contributed by atoms with van der Waals surface area (Å²) in [5.74, 6) is 1.28. The third-order valence-corrected chi connectivity index (χ3v) is 12.4. The lowest BCUT2D eigenvalue weighted by Gasteiger charge is -2.46. The van der Waals surface area contributed by atoms with Crippen molar-refractivity contribution in [3.05, 3.63) is 0 Å². The van der Waals surface area contributed by atoms with Gasteiger partial charge in [-0.2, -0.15) is 0 Å². The number of ether oxygens (including phenoxy) is 3. The van der Waals surface area contributed by atoms with E-state index >= 15 is 0 Å². The van der Waals surface area contributed by atoms with E-state index in [1.54, 1.807) is 0 Å². The molecule has 0 aromatic carbocycles. The normalized spacial score (nSPS) is 27.8. The van der Waals surface area contributed by atoms with Crippen LogP contribution in [0.15, 0.2) is 0 Å². The van der Waals surface area contributed by atoms with Crippen LogP contribution in [0.3, 0.4) is 0 Å². The van der Waals surface area contributed by atoms with E-state index in [-0.39, 0.29) is 47.9 Å². The molecule has 0 saturated carbocycles. The van der Waals surface area contributed by atoms with Crippen molar-refractivity contribution in [2.75, 3.05) is 39.4 Å². The van der Waals surface area contributed by atoms with E-state index in [0.29, 0.717) is 32.0 Å². The summed E-state index contributed by atoms with van der Waals surface area (Å²) in [5.41, 5.74) is 10.6. The number of unbranched alkanes of at least 4 members (excludes halogenated alkanes) is 12. The second kappa shape index (κ2) is 23.4. The summed E-state index contributed by atoms with van der Waals surface area (Å²) in [4.78, 5) is 27.8. The summed E-state index contributed by atoms with van der Waals surface area (Å²) in [6.07, 6.45) is 28.5. The van der Waals surface area contributed by atoms with E-state index in [4.69, 9.17) is 25.7 Å². The van der Waals surface area contributed by atoms with Gasteiger partial charge in [0, 0.05) is 58.0 Å². The smallest absolute Gasteiger partial charge is 0.351 e. The highest BCUT2D eigenvalue weighted by atomic mass is 35.5. The first-order valence-electron chi connectivity index (χ1n) is 21.8. The standard InChI is InChI=1S/C41H74N6O5.ClH/c42-25-16-17-27-46(28-20-26-43)37(48)21-12-9-7-5-3-1-2-4-6-8-10-13-22-38(49)52-36-31-34-32-40(23-14-11-18-29-50-40)44-39-45-41(24-15-19-30-51-41)33-35(36)47(34)39;/h34-36H,1-33,42-43H2,(H,44,45);1H/t34-,35-,36-,40-,41+;/m0./s1. The van der Waals surface area contributed by atoms with Gasteiger partial charge >= 0.3 is 11.9 Å². The van der Waals surface area contributed by atoms with Gasteiger partial charge in [0.2, 0.25) is 5.91 Å². The fourth-order valence-electron chi connectivity index (χ4n) is 9.48. The monoisotopic (exact) mass is 767 g/mol. The van der Waals surface area contributed by atoms with Crippen LogP contribution in [0.2, 0.25) is 0 Å². The number of nitrogens with zero attached hydrogens (tertiary/aromatic N) is 2. The summed E-state index contributed by atoms with van der Waals surface area (Å²) in [6, 6.07) is 0.448. The van der Waals surface area contributed by atoms with Crippen molar-refractivity contribution in [2.24, 2.45) is 11.5 Å². The number of esters is 1. The van der Waals surface area contributed by atoms with Gasteiger partial charge in [0.15, 0.2) is 11.4 Å². The zero-order valence-electron chi connectivity index (χ0n) is 33.0. The molecule has 11 nitrogen and oxygen atoms in total. The number of hydrogen-bond donors (Lipinski definition) is 4. The van der Waals surface area contributed by atoms with Gasteiger partial charge in [-0.3, -0.25) is 14.2 Å². The largest absolute Gasteiger partial charge is 1.00 e. The predicted octanol–water partition coefficient (Wildman–Crippen LogP) is 2.96. The van der Waals surface area contributed by atoms with Crippen LogP contribution in [0, 0.1) is 0 Å². The summed E-state index contributed by atoms with van der Waals surface area (Å²) in [6.45, 7) is 4.48. The number of hydrogen-bond acceptors (Lipinski definition) is 9. The van der Waals surface area contributed by atoms with Crippen LogP contribution < -0.4 is 34.5 Å². The number of carbonyl (C=O) groups is 2. The quantitative estimate of drug-likeness (QED) is 0.0702. The van der Waals surface area contributed by atoms with Gasteiger partial charge in [-0.1, -0.05) is 70.6 Å². The van der Waals surface area contributed by atoms with Crippen LogP contribution in [-0.4, -0.2) is 96.3 Å². The minimum absolute atomic E-state index is 0. The first-order valence-corrected chi connectivity index (χ1v) is 21.8. The zero-order valence-corrected chi connectivity index (χ0v) is 33.8. The molecule has 5 aliphatic heterocycles. The second-order valence-electron chi connectivity index (χ2n) is 16.6. The molecule has 6 N–H and O–H groups in total. The highest BCUT2D eigenvalue weighted by Gasteiger charge is 2.60. The lowest BCUT2D eigenvalue weighted by Crippen LogP contribution is -3.00. The first-order chi connectivity index (χ1) is 25.5. The molecule has 0 aromatic rings. The van der Waals surface area contributed by atoms with Crippen molar-refractivity contribution in [1.29, 1.82) is 0 Å².